The summed E-state index contributed by atoms with van der Waals surface area (Å²) in [5.74, 6) is 0. The largest absolute Gasteiger partial charge is 0.266 e. The molecule has 0 fully saturated rings. The summed E-state index contributed by atoms with van der Waals surface area (Å²) in [5, 5.41) is 7.99. The van der Waals surface area contributed by atoms with E-state index in [1.807, 2.05) is 17.5 Å². The summed E-state index contributed by atoms with van der Waals surface area (Å²) in [6.45, 7) is 0.305. The van der Waals surface area contributed by atoms with Gasteiger partial charge >= 0.3 is 0 Å². The second-order valence-corrected chi connectivity index (χ2v) is 5.59. The molecule has 80 valence electrons. The fourth-order valence-electron chi connectivity index (χ4n) is 1.05. The Balaban J connectivity index is 2.06. The van der Waals surface area contributed by atoms with Gasteiger partial charge in [0, 0.05) is 11.4 Å². The Labute approximate surface area is 91.2 Å². The lowest BCUT2D eigenvalue weighted by Crippen LogP contribution is -2.23. The average molecular weight is 243 g/mol. The smallest absolute Gasteiger partial charge is 0.257 e. The number of nitrogens with zero attached hydrogens (tertiary/aromatic N) is 1. The van der Waals surface area contributed by atoms with Crippen LogP contribution in [-0.4, -0.2) is 18.6 Å². The van der Waals surface area contributed by atoms with Crippen LogP contribution < -0.4 is 4.72 Å². The topological polar surface area (TPSA) is 74.8 Å². The number of aromatic amines is 1. The number of thiophene rings is 1. The Kier molecular flexibility index (Phi) is 2.85. The molecule has 0 aromatic carbocycles. The van der Waals surface area contributed by atoms with Crippen LogP contribution in [0, 0.1) is 0 Å². The van der Waals surface area contributed by atoms with Crippen molar-refractivity contribution in [3.63, 3.8) is 0 Å². The van der Waals surface area contributed by atoms with Crippen molar-refractivity contribution in [2.24, 2.45) is 0 Å². The second-order valence-electron chi connectivity index (χ2n) is 2.82. The van der Waals surface area contributed by atoms with Crippen LogP contribution in [0.15, 0.2) is 34.8 Å². The summed E-state index contributed by atoms with van der Waals surface area (Å²) in [6.07, 6.45) is 1.40. The molecule has 0 aliphatic rings. The zero-order valence-corrected chi connectivity index (χ0v) is 9.31. The Morgan fingerprint density at radius 2 is 2.33 bits per heavy atom. The number of sulfonamides is 1. The molecule has 0 radical (unpaired) electrons. The molecule has 2 aromatic heterocycles. The van der Waals surface area contributed by atoms with E-state index in [1.54, 1.807) is 0 Å². The number of aromatic nitrogens is 2. The molecule has 5 nitrogen and oxygen atoms in total. The van der Waals surface area contributed by atoms with Crippen molar-refractivity contribution in [3.8, 4) is 0 Å². The summed E-state index contributed by atoms with van der Waals surface area (Å²) >= 11 is 1.51. The van der Waals surface area contributed by atoms with E-state index in [0.717, 1.165) is 4.88 Å². The lowest BCUT2D eigenvalue weighted by atomic mass is 10.5. The predicted octanol–water partition coefficient (Wildman–Crippen LogP) is 0.950. The Hall–Kier alpha value is -1.18. The molecule has 0 unspecified atom stereocenters. The van der Waals surface area contributed by atoms with Gasteiger partial charge in [-0.25, -0.2) is 13.1 Å². The monoisotopic (exact) mass is 243 g/mol. The standard InChI is InChI=1S/C8H9N3O2S2/c12-15(13,8-3-4-9-11-8)10-6-7-2-1-5-14-7/h1-5,10H,6H2,(H,9,11). The van der Waals surface area contributed by atoms with Crippen LogP contribution in [0.1, 0.15) is 4.88 Å². The highest BCUT2D eigenvalue weighted by atomic mass is 32.2. The molecule has 0 aliphatic carbocycles. The van der Waals surface area contributed by atoms with Crippen LogP contribution in [0.4, 0.5) is 0 Å². The zero-order valence-electron chi connectivity index (χ0n) is 7.67. The SMILES string of the molecule is O=S(=O)(NCc1cccs1)c1ccn[nH]1. The molecule has 2 aromatic rings. The third-order valence-electron chi connectivity index (χ3n) is 1.78. The third-order valence-corrected chi connectivity index (χ3v) is 3.99. The van der Waals surface area contributed by atoms with E-state index in [0.29, 0.717) is 6.54 Å². The number of hydrogen-bond donors (Lipinski definition) is 2. The third kappa shape index (κ3) is 2.44. The lowest BCUT2D eigenvalue weighted by Gasteiger charge is -2.01. The minimum Gasteiger partial charge on any atom is -0.266 e. The van der Waals surface area contributed by atoms with Gasteiger partial charge in [0.2, 0.25) is 0 Å². The summed E-state index contributed by atoms with van der Waals surface area (Å²) in [7, 11) is -3.45. The van der Waals surface area contributed by atoms with Crippen LogP contribution in [-0.2, 0) is 16.6 Å². The normalized spacial score (nSPS) is 11.7. The van der Waals surface area contributed by atoms with Gasteiger partial charge in [-0.1, -0.05) is 6.07 Å². The van der Waals surface area contributed by atoms with Crippen molar-refractivity contribution in [1.29, 1.82) is 0 Å². The molecule has 0 spiro atoms. The van der Waals surface area contributed by atoms with Gasteiger partial charge in [-0.05, 0) is 17.5 Å². The molecule has 0 saturated carbocycles. The molecule has 0 saturated heterocycles. The molecule has 2 heterocycles. The number of nitrogens with one attached hydrogen (secondary N) is 2. The first-order valence-corrected chi connectivity index (χ1v) is 6.56. The van der Waals surface area contributed by atoms with Crippen LogP contribution >= 0.6 is 11.3 Å². The number of rotatable bonds is 4. The second kappa shape index (κ2) is 4.13. The Bertz CT molecular complexity index is 502. The van der Waals surface area contributed by atoms with E-state index in [4.69, 9.17) is 0 Å². The number of H-pyrrole nitrogens is 1. The fraction of sp³-hybridized carbons (Fsp3) is 0.125. The summed E-state index contributed by atoms with van der Waals surface area (Å²) in [6, 6.07) is 5.17. The van der Waals surface area contributed by atoms with Crippen LogP contribution in [0.3, 0.4) is 0 Å². The summed E-state index contributed by atoms with van der Waals surface area (Å²) < 4.78 is 25.7. The molecule has 2 N–H and O–H groups in total. The van der Waals surface area contributed by atoms with E-state index >= 15 is 0 Å². The van der Waals surface area contributed by atoms with Crippen molar-refractivity contribution < 1.29 is 8.42 Å². The Morgan fingerprint density at radius 3 is 2.93 bits per heavy atom. The molecule has 0 bridgehead atoms. The quantitative estimate of drug-likeness (QED) is 0.839. The highest BCUT2D eigenvalue weighted by molar-refractivity contribution is 7.89. The Morgan fingerprint density at radius 1 is 1.47 bits per heavy atom. The van der Waals surface area contributed by atoms with Gasteiger partial charge in [0.1, 0.15) is 0 Å². The molecule has 0 aliphatic heterocycles. The minimum atomic E-state index is -3.45. The molecular formula is C8H9N3O2S2. The van der Waals surface area contributed by atoms with Crippen molar-refractivity contribution >= 4 is 21.4 Å². The predicted molar refractivity (Wildman–Crippen MR) is 56.9 cm³/mol. The van der Waals surface area contributed by atoms with E-state index in [1.165, 1.54) is 23.6 Å². The summed E-state index contributed by atoms with van der Waals surface area (Å²) in [5.41, 5.74) is 0. The van der Waals surface area contributed by atoms with Gasteiger partial charge in [0.15, 0.2) is 5.03 Å². The van der Waals surface area contributed by atoms with Crippen molar-refractivity contribution in [1.82, 2.24) is 14.9 Å². The van der Waals surface area contributed by atoms with Gasteiger partial charge in [-0.3, -0.25) is 5.10 Å². The first kappa shape index (κ1) is 10.3. The van der Waals surface area contributed by atoms with Crippen LogP contribution in [0.2, 0.25) is 0 Å². The minimum absolute atomic E-state index is 0.0825. The van der Waals surface area contributed by atoms with Gasteiger partial charge < -0.3 is 0 Å². The fourth-order valence-corrected chi connectivity index (χ4v) is 2.70. The van der Waals surface area contributed by atoms with E-state index in [-0.39, 0.29) is 5.03 Å². The first-order valence-electron chi connectivity index (χ1n) is 4.20. The maximum absolute atomic E-state index is 11.6. The lowest BCUT2D eigenvalue weighted by molar-refractivity contribution is 0.577. The highest BCUT2D eigenvalue weighted by Crippen LogP contribution is 2.09. The molecule has 0 atom stereocenters. The maximum Gasteiger partial charge on any atom is 0.257 e. The zero-order chi connectivity index (χ0) is 10.7. The van der Waals surface area contributed by atoms with Gasteiger partial charge in [0.05, 0.1) is 6.20 Å². The highest BCUT2D eigenvalue weighted by Gasteiger charge is 2.14. The van der Waals surface area contributed by atoms with Crippen LogP contribution in [0.25, 0.3) is 0 Å². The first-order chi connectivity index (χ1) is 7.18. The van der Waals surface area contributed by atoms with Gasteiger partial charge in [-0.2, -0.15) is 5.10 Å². The van der Waals surface area contributed by atoms with Crippen molar-refractivity contribution in [3.05, 3.63) is 34.7 Å². The van der Waals surface area contributed by atoms with Crippen LogP contribution in [0.5, 0.6) is 0 Å². The van der Waals surface area contributed by atoms with E-state index in [2.05, 4.69) is 14.9 Å². The summed E-state index contributed by atoms with van der Waals surface area (Å²) in [4.78, 5) is 0.970. The van der Waals surface area contributed by atoms with Crippen molar-refractivity contribution in [2.75, 3.05) is 0 Å². The number of hydrogen-bond acceptors (Lipinski definition) is 4. The van der Waals surface area contributed by atoms with Gasteiger partial charge in [0.25, 0.3) is 10.0 Å². The molecule has 0 amide bonds. The van der Waals surface area contributed by atoms with Gasteiger partial charge in [-0.15, -0.1) is 11.3 Å². The molecule has 7 heteroatoms. The maximum atomic E-state index is 11.6. The van der Waals surface area contributed by atoms with E-state index in [9.17, 15) is 8.42 Å². The molecular weight excluding hydrogens is 234 g/mol. The molecule has 15 heavy (non-hydrogen) atoms. The average Bonchev–Trinajstić information content (AvgIpc) is 2.88. The van der Waals surface area contributed by atoms with E-state index < -0.39 is 10.0 Å². The van der Waals surface area contributed by atoms with Crippen molar-refractivity contribution in [2.45, 2.75) is 11.6 Å². The molecule has 2 rings (SSSR count).